The van der Waals surface area contributed by atoms with E-state index >= 15 is 0 Å². The van der Waals surface area contributed by atoms with Crippen molar-refractivity contribution in [2.24, 2.45) is 0 Å². The molecule has 1 aromatic rings. The highest BCUT2D eigenvalue weighted by Gasteiger charge is 2.33. The number of rotatable bonds is 4. The molecule has 0 amide bonds. The third-order valence-electron chi connectivity index (χ3n) is 4.13. The average Bonchev–Trinajstić information content (AvgIpc) is 2.78. The Hall–Kier alpha value is -1.32. The van der Waals surface area contributed by atoms with Gasteiger partial charge in [0.15, 0.2) is 0 Å². The van der Waals surface area contributed by atoms with Crippen LogP contribution < -0.4 is 0 Å². The van der Waals surface area contributed by atoms with Crippen molar-refractivity contribution in [1.29, 1.82) is 10.5 Å². The molecule has 0 radical (unpaired) electrons. The van der Waals surface area contributed by atoms with E-state index in [9.17, 15) is 10.5 Å². The van der Waals surface area contributed by atoms with Gasteiger partial charge in [-0.2, -0.15) is 10.5 Å². The van der Waals surface area contributed by atoms with Crippen molar-refractivity contribution in [3.05, 3.63) is 20.9 Å². The number of hydrogen-bond donors (Lipinski definition) is 0. The molecule has 0 saturated heterocycles. The first-order valence-corrected chi connectivity index (χ1v) is 7.54. The van der Waals surface area contributed by atoms with Gasteiger partial charge in [0.05, 0.1) is 11.1 Å². The summed E-state index contributed by atoms with van der Waals surface area (Å²) in [6.45, 7) is 12.8. The Labute approximate surface area is 120 Å². The molecule has 0 aliphatic rings. The number of nitrogens with zero attached hydrogens (tertiary/aromatic N) is 2. The van der Waals surface area contributed by atoms with Crippen molar-refractivity contribution >= 4 is 11.3 Å². The van der Waals surface area contributed by atoms with Crippen molar-refractivity contribution < 1.29 is 0 Å². The standard InChI is InChI=1S/C16H22N2S/c1-7-15(3,4)13-11(9-17)12(10-18)14(19-13)16(5,6)8-2/h7-8H2,1-6H3. The molecule has 0 aliphatic heterocycles. The molecule has 0 N–H and O–H groups in total. The predicted molar refractivity (Wildman–Crippen MR) is 80.4 cm³/mol. The van der Waals surface area contributed by atoms with Gasteiger partial charge in [-0.3, -0.25) is 0 Å². The summed E-state index contributed by atoms with van der Waals surface area (Å²) in [5.74, 6) is 0. The van der Waals surface area contributed by atoms with Crippen LogP contribution in [0.3, 0.4) is 0 Å². The van der Waals surface area contributed by atoms with E-state index in [4.69, 9.17) is 0 Å². The molecule has 1 aromatic heterocycles. The maximum absolute atomic E-state index is 9.45. The van der Waals surface area contributed by atoms with E-state index < -0.39 is 0 Å². The average molecular weight is 274 g/mol. The van der Waals surface area contributed by atoms with Crippen molar-refractivity contribution in [2.45, 2.75) is 65.2 Å². The Morgan fingerprint density at radius 2 is 1.16 bits per heavy atom. The molecule has 0 bridgehead atoms. The molecule has 2 nitrogen and oxygen atoms in total. The van der Waals surface area contributed by atoms with Gasteiger partial charge in [0.2, 0.25) is 0 Å². The highest BCUT2D eigenvalue weighted by molar-refractivity contribution is 7.12. The SMILES string of the molecule is CCC(C)(C)c1sc(C(C)(C)CC)c(C#N)c1C#N. The molecular formula is C16H22N2S. The van der Waals surface area contributed by atoms with Crippen LogP contribution in [0.4, 0.5) is 0 Å². The van der Waals surface area contributed by atoms with Crippen molar-refractivity contribution in [2.75, 3.05) is 0 Å². The monoisotopic (exact) mass is 274 g/mol. The Morgan fingerprint density at radius 1 is 0.842 bits per heavy atom. The molecule has 0 spiro atoms. The molecule has 0 unspecified atom stereocenters. The molecule has 0 aliphatic carbocycles. The zero-order valence-corrected chi connectivity index (χ0v) is 13.5. The zero-order valence-electron chi connectivity index (χ0n) is 12.7. The first kappa shape index (κ1) is 15.7. The molecular weight excluding hydrogens is 252 g/mol. The van der Waals surface area contributed by atoms with E-state index in [2.05, 4.69) is 53.7 Å². The van der Waals surface area contributed by atoms with Crippen LogP contribution in [0.5, 0.6) is 0 Å². The van der Waals surface area contributed by atoms with Gasteiger partial charge in [-0.1, -0.05) is 41.5 Å². The summed E-state index contributed by atoms with van der Waals surface area (Å²) in [4.78, 5) is 2.12. The van der Waals surface area contributed by atoms with Gasteiger partial charge in [-0.15, -0.1) is 11.3 Å². The molecule has 0 atom stereocenters. The molecule has 3 heteroatoms. The third-order valence-corrected chi connectivity index (χ3v) is 6.05. The van der Waals surface area contributed by atoms with Gasteiger partial charge in [-0.05, 0) is 12.8 Å². The molecule has 0 aromatic carbocycles. The Balaban J connectivity index is 3.65. The van der Waals surface area contributed by atoms with E-state index in [-0.39, 0.29) is 10.8 Å². The summed E-state index contributed by atoms with van der Waals surface area (Å²) in [7, 11) is 0. The fourth-order valence-electron chi connectivity index (χ4n) is 1.92. The summed E-state index contributed by atoms with van der Waals surface area (Å²) in [5.41, 5.74) is 1.08. The first-order chi connectivity index (χ1) is 8.75. The van der Waals surface area contributed by atoms with Crippen LogP contribution in [0, 0.1) is 22.7 Å². The van der Waals surface area contributed by atoms with Gasteiger partial charge in [0.25, 0.3) is 0 Å². The van der Waals surface area contributed by atoms with Crippen LogP contribution >= 0.6 is 11.3 Å². The lowest BCUT2D eigenvalue weighted by atomic mass is 9.83. The molecule has 19 heavy (non-hydrogen) atoms. The van der Waals surface area contributed by atoms with Crippen LogP contribution in [0.15, 0.2) is 0 Å². The lowest BCUT2D eigenvalue weighted by molar-refractivity contribution is 0.514. The zero-order chi connectivity index (χ0) is 14.8. The van der Waals surface area contributed by atoms with E-state index in [0.717, 1.165) is 22.6 Å². The lowest BCUT2D eigenvalue weighted by Gasteiger charge is -2.23. The number of thiophene rings is 1. The molecule has 1 rings (SSSR count). The second-order valence-electron chi connectivity index (χ2n) is 6.21. The van der Waals surface area contributed by atoms with Crippen LogP contribution in [-0.2, 0) is 10.8 Å². The third kappa shape index (κ3) is 2.67. The van der Waals surface area contributed by atoms with Crippen LogP contribution in [-0.4, -0.2) is 0 Å². The summed E-state index contributed by atoms with van der Waals surface area (Å²) >= 11 is 1.65. The molecule has 0 fully saturated rings. The lowest BCUT2D eigenvalue weighted by Crippen LogP contribution is -2.15. The fraction of sp³-hybridized carbons (Fsp3) is 0.625. The number of hydrogen-bond acceptors (Lipinski definition) is 3. The largest absolute Gasteiger partial charge is 0.192 e. The minimum Gasteiger partial charge on any atom is -0.192 e. The normalized spacial score (nSPS) is 12.0. The minimum absolute atomic E-state index is 0.0522. The number of nitriles is 2. The highest BCUT2D eigenvalue weighted by Crippen LogP contribution is 2.44. The van der Waals surface area contributed by atoms with Crippen LogP contribution in [0.1, 0.15) is 75.3 Å². The van der Waals surface area contributed by atoms with E-state index in [1.54, 1.807) is 11.3 Å². The van der Waals surface area contributed by atoms with Crippen molar-refractivity contribution in [1.82, 2.24) is 0 Å². The Kier molecular flexibility index (Phi) is 4.43. The Bertz CT molecular complexity index is 502. The van der Waals surface area contributed by atoms with E-state index in [1.165, 1.54) is 0 Å². The molecule has 0 saturated carbocycles. The first-order valence-electron chi connectivity index (χ1n) is 6.73. The van der Waals surface area contributed by atoms with Gasteiger partial charge >= 0.3 is 0 Å². The summed E-state index contributed by atoms with van der Waals surface area (Å²) in [6, 6.07) is 4.52. The second-order valence-corrected chi connectivity index (χ2v) is 7.23. The van der Waals surface area contributed by atoms with E-state index in [0.29, 0.717) is 11.1 Å². The molecule has 102 valence electrons. The Morgan fingerprint density at radius 3 is 1.37 bits per heavy atom. The maximum Gasteiger partial charge on any atom is 0.102 e. The van der Waals surface area contributed by atoms with Gasteiger partial charge in [0, 0.05) is 20.6 Å². The topological polar surface area (TPSA) is 47.6 Å². The summed E-state index contributed by atoms with van der Waals surface area (Å²) < 4.78 is 0. The molecule has 1 heterocycles. The minimum atomic E-state index is -0.0522. The summed E-state index contributed by atoms with van der Waals surface area (Å²) in [5, 5.41) is 18.9. The predicted octanol–water partition coefficient (Wildman–Crippen LogP) is 4.87. The quantitative estimate of drug-likeness (QED) is 0.786. The van der Waals surface area contributed by atoms with Crippen molar-refractivity contribution in [3.63, 3.8) is 0 Å². The van der Waals surface area contributed by atoms with Gasteiger partial charge in [-0.25, -0.2) is 0 Å². The maximum atomic E-state index is 9.45. The summed E-state index contributed by atoms with van der Waals surface area (Å²) in [6.07, 6.45) is 1.91. The van der Waals surface area contributed by atoms with Gasteiger partial charge < -0.3 is 0 Å². The smallest absolute Gasteiger partial charge is 0.102 e. The van der Waals surface area contributed by atoms with Crippen LogP contribution in [0.2, 0.25) is 0 Å². The van der Waals surface area contributed by atoms with Crippen LogP contribution in [0.25, 0.3) is 0 Å². The van der Waals surface area contributed by atoms with Crippen molar-refractivity contribution in [3.8, 4) is 12.1 Å². The second kappa shape index (κ2) is 5.35. The highest BCUT2D eigenvalue weighted by atomic mass is 32.1. The van der Waals surface area contributed by atoms with E-state index in [1.807, 2.05) is 0 Å². The van der Waals surface area contributed by atoms with Gasteiger partial charge in [0.1, 0.15) is 12.1 Å². The fourth-order valence-corrected chi connectivity index (χ4v) is 3.46.